The molecule has 0 aliphatic heterocycles. The minimum absolute atomic E-state index is 0.190. The number of hydrogen-bond acceptors (Lipinski definition) is 1. The van der Waals surface area contributed by atoms with E-state index in [1.165, 1.54) is 10.4 Å². The van der Waals surface area contributed by atoms with Gasteiger partial charge in [-0.2, -0.15) is 0 Å². The normalized spacial score (nSPS) is 28.6. The molecule has 74 valence electrons. The summed E-state index contributed by atoms with van der Waals surface area (Å²) in [5, 5.41) is 2.18. The first-order chi connectivity index (χ1) is 6.58. The second-order valence-electron chi connectivity index (χ2n) is 4.54. The molecule has 0 fully saturated rings. The highest BCUT2D eigenvalue weighted by Gasteiger charge is 2.15. The lowest BCUT2D eigenvalue weighted by Crippen LogP contribution is -2.04. The van der Waals surface area contributed by atoms with Crippen molar-refractivity contribution >= 4 is 17.4 Å². The van der Waals surface area contributed by atoms with E-state index < -0.39 is 0 Å². The molecule has 0 spiro atoms. The molecule has 14 heavy (non-hydrogen) atoms. The predicted molar refractivity (Wildman–Crippen MR) is 64.7 cm³/mol. The fourth-order valence-corrected chi connectivity index (χ4v) is 2.58. The molecule has 1 aliphatic rings. The van der Waals surface area contributed by atoms with Gasteiger partial charge in [-0.25, -0.2) is 0 Å². The number of hydrogen-bond donors (Lipinski definition) is 0. The van der Waals surface area contributed by atoms with Crippen LogP contribution in [0.25, 0.3) is 6.08 Å². The van der Waals surface area contributed by atoms with Gasteiger partial charge < -0.3 is 0 Å². The van der Waals surface area contributed by atoms with Gasteiger partial charge >= 0.3 is 0 Å². The maximum absolute atomic E-state index is 2.31. The Bertz CT molecular complexity index is 380. The van der Waals surface area contributed by atoms with Gasteiger partial charge in [-0.1, -0.05) is 39.0 Å². The van der Waals surface area contributed by atoms with Crippen LogP contribution in [0.2, 0.25) is 0 Å². The minimum Gasteiger partial charge on any atom is -0.144 e. The van der Waals surface area contributed by atoms with Gasteiger partial charge in [-0.3, -0.25) is 0 Å². The monoisotopic (exact) mass is 204 g/mol. The van der Waals surface area contributed by atoms with Crippen molar-refractivity contribution in [2.45, 2.75) is 26.7 Å². The summed E-state index contributed by atoms with van der Waals surface area (Å²) in [5.41, 5.74) is 1.65. The minimum atomic E-state index is 0.190. The molecule has 1 heterocycles. The lowest BCUT2D eigenvalue weighted by atomic mass is 9.87. The molecule has 1 aliphatic carbocycles. The van der Waals surface area contributed by atoms with Gasteiger partial charge in [0.2, 0.25) is 0 Å². The van der Waals surface area contributed by atoms with Crippen LogP contribution in [0.1, 0.15) is 37.1 Å². The summed E-state index contributed by atoms with van der Waals surface area (Å²) >= 11 is 1.83. The smallest absolute Gasteiger partial charge is 0.0305 e. The first kappa shape index (κ1) is 9.72. The summed E-state index contributed by atoms with van der Waals surface area (Å²) in [4.78, 5) is 1.41. The van der Waals surface area contributed by atoms with Crippen LogP contribution in [0, 0.1) is 5.41 Å². The Balaban J connectivity index is 2.48. The first-order valence-electron chi connectivity index (χ1n) is 5.04. The van der Waals surface area contributed by atoms with Gasteiger partial charge in [0.1, 0.15) is 0 Å². The summed E-state index contributed by atoms with van der Waals surface area (Å²) in [6, 6.07) is 2.23. The highest BCUT2D eigenvalue weighted by atomic mass is 32.1. The largest absolute Gasteiger partial charge is 0.144 e. The zero-order chi connectivity index (χ0) is 10.2. The van der Waals surface area contributed by atoms with E-state index in [1.54, 1.807) is 0 Å². The van der Waals surface area contributed by atoms with Crippen LogP contribution in [0.5, 0.6) is 0 Å². The Labute approximate surface area is 90.0 Å². The Kier molecular flexibility index (Phi) is 2.36. The van der Waals surface area contributed by atoms with Crippen molar-refractivity contribution in [1.29, 1.82) is 0 Å². The van der Waals surface area contributed by atoms with Crippen molar-refractivity contribution in [2.75, 3.05) is 0 Å². The zero-order valence-electron chi connectivity index (χ0n) is 8.95. The summed E-state index contributed by atoms with van der Waals surface area (Å²) in [6.45, 7) is 6.74. The van der Waals surface area contributed by atoms with Crippen LogP contribution >= 0.6 is 11.3 Å². The molecule has 1 atom stereocenters. The van der Waals surface area contributed by atoms with Crippen LogP contribution in [0.15, 0.2) is 29.7 Å². The Morgan fingerprint density at radius 1 is 1.29 bits per heavy atom. The number of fused-ring (bicyclic) bond motifs is 1. The molecule has 0 aromatic carbocycles. The van der Waals surface area contributed by atoms with E-state index in [0.29, 0.717) is 5.92 Å². The summed E-state index contributed by atoms with van der Waals surface area (Å²) in [7, 11) is 0. The summed E-state index contributed by atoms with van der Waals surface area (Å²) in [6.07, 6.45) is 9.16. The van der Waals surface area contributed by atoms with Crippen molar-refractivity contribution in [1.82, 2.24) is 0 Å². The quantitative estimate of drug-likeness (QED) is 0.547. The molecule has 2 rings (SSSR count). The Hall–Kier alpha value is -0.820. The SMILES string of the molecule is CC1/C=C\C(C)(C)/C=C\c2sccc21. The molecule has 0 nitrogen and oxygen atoms in total. The fourth-order valence-electron chi connectivity index (χ4n) is 1.68. The summed E-state index contributed by atoms with van der Waals surface area (Å²) < 4.78 is 0. The van der Waals surface area contributed by atoms with Crippen LogP contribution in [-0.2, 0) is 0 Å². The highest BCUT2D eigenvalue weighted by molar-refractivity contribution is 7.11. The van der Waals surface area contributed by atoms with Crippen LogP contribution in [0.4, 0.5) is 0 Å². The molecular weight excluding hydrogens is 188 g/mol. The van der Waals surface area contributed by atoms with Gasteiger partial charge in [-0.05, 0) is 23.1 Å². The molecule has 1 aromatic rings. The van der Waals surface area contributed by atoms with Gasteiger partial charge in [-0.15, -0.1) is 11.3 Å². The highest BCUT2D eigenvalue weighted by Crippen LogP contribution is 2.32. The van der Waals surface area contributed by atoms with Gasteiger partial charge in [0.05, 0.1) is 0 Å². The molecule has 0 saturated carbocycles. The van der Waals surface area contributed by atoms with Crippen LogP contribution in [-0.4, -0.2) is 0 Å². The summed E-state index contributed by atoms with van der Waals surface area (Å²) in [5.74, 6) is 0.542. The van der Waals surface area contributed by atoms with Crippen LogP contribution < -0.4 is 0 Å². The van der Waals surface area contributed by atoms with Gasteiger partial charge in [0.25, 0.3) is 0 Å². The van der Waals surface area contributed by atoms with Crippen LogP contribution in [0.3, 0.4) is 0 Å². The molecule has 1 unspecified atom stereocenters. The second-order valence-corrected chi connectivity index (χ2v) is 5.49. The van der Waals surface area contributed by atoms with E-state index in [4.69, 9.17) is 0 Å². The van der Waals surface area contributed by atoms with E-state index >= 15 is 0 Å². The number of thiophene rings is 1. The van der Waals surface area contributed by atoms with E-state index in [0.717, 1.165) is 0 Å². The standard InChI is InChI=1S/C13H16S/c1-10-4-7-13(2,3)8-5-12-11(10)6-9-14-12/h4-10H,1-3H3/b7-4-,8-5-. The zero-order valence-corrected chi connectivity index (χ0v) is 9.77. The maximum atomic E-state index is 2.31. The third kappa shape index (κ3) is 1.83. The van der Waals surface area contributed by atoms with Crippen molar-refractivity contribution < 1.29 is 0 Å². The van der Waals surface area contributed by atoms with E-state index in [9.17, 15) is 0 Å². The molecule has 0 radical (unpaired) electrons. The molecule has 0 amide bonds. The molecule has 1 aromatic heterocycles. The first-order valence-corrected chi connectivity index (χ1v) is 5.92. The fraction of sp³-hybridized carbons (Fsp3) is 0.385. The average Bonchev–Trinajstić information content (AvgIpc) is 2.57. The van der Waals surface area contributed by atoms with Gasteiger partial charge in [0.15, 0.2) is 0 Å². The van der Waals surface area contributed by atoms with Crippen molar-refractivity contribution in [2.24, 2.45) is 5.41 Å². The molecule has 0 N–H and O–H groups in total. The number of allylic oxidation sites excluding steroid dienone is 3. The van der Waals surface area contributed by atoms with Crippen molar-refractivity contribution in [3.63, 3.8) is 0 Å². The van der Waals surface area contributed by atoms with Gasteiger partial charge in [0, 0.05) is 16.2 Å². The third-order valence-corrected chi connectivity index (χ3v) is 3.59. The van der Waals surface area contributed by atoms with Crippen molar-refractivity contribution in [3.8, 4) is 0 Å². The van der Waals surface area contributed by atoms with Crippen molar-refractivity contribution in [3.05, 3.63) is 40.1 Å². The third-order valence-electron chi connectivity index (χ3n) is 2.70. The maximum Gasteiger partial charge on any atom is 0.0305 e. The van der Waals surface area contributed by atoms with E-state index in [2.05, 4.69) is 56.5 Å². The topological polar surface area (TPSA) is 0 Å². The molecule has 1 heteroatoms. The van der Waals surface area contributed by atoms with E-state index in [1.807, 2.05) is 11.3 Å². The molecular formula is C13H16S. The Morgan fingerprint density at radius 3 is 2.86 bits per heavy atom. The second kappa shape index (κ2) is 3.39. The average molecular weight is 204 g/mol. The lowest BCUT2D eigenvalue weighted by Gasteiger charge is -2.18. The number of rotatable bonds is 0. The molecule has 0 bridgehead atoms. The predicted octanol–water partition coefficient (Wildman–Crippen LogP) is 4.46. The lowest BCUT2D eigenvalue weighted by molar-refractivity contribution is 0.623. The van der Waals surface area contributed by atoms with E-state index in [-0.39, 0.29) is 5.41 Å². The Morgan fingerprint density at radius 2 is 2.07 bits per heavy atom. The molecule has 0 saturated heterocycles.